The summed E-state index contributed by atoms with van der Waals surface area (Å²) in [5.41, 5.74) is 2.13. The van der Waals surface area contributed by atoms with Crippen LogP contribution in [-0.2, 0) is 41.8 Å². The molecule has 0 saturated carbocycles. The number of hydrogen-bond acceptors (Lipinski definition) is 10. The fraction of sp³-hybridized carbons (Fsp3) is 0.692. The minimum atomic E-state index is -3.26. The maximum Gasteiger partial charge on any atom is 0.367 e. The van der Waals surface area contributed by atoms with Crippen molar-refractivity contribution in [2.75, 3.05) is 40.4 Å². The molecular weight excluding hydrogens is 534 g/mol. The number of carbonyl (C=O) groups is 2. The second kappa shape index (κ2) is 21.3. The molecule has 1 atom stereocenters. The van der Waals surface area contributed by atoms with Crippen molar-refractivity contribution in [2.45, 2.75) is 74.1 Å². The average molecular weight is 585 g/mol. The van der Waals surface area contributed by atoms with Gasteiger partial charge in [-0.2, -0.15) is 0 Å². The molecule has 1 N–H and O–H groups in total. The second-order valence-corrected chi connectivity index (χ2v) is 13.9. The maximum atomic E-state index is 12.0. The molecule has 0 aromatic rings. The van der Waals surface area contributed by atoms with Crippen molar-refractivity contribution in [3.63, 3.8) is 0 Å². The first-order valence-electron chi connectivity index (χ1n) is 12.2. The van der Waals surface area contributed by atoms with Gasteiger partial charge < -0.3 is 28.2 Å². The minimum Gasteiger partial charge on any atom is -0.455 e. The van der Waals surface area contributed by atoms with E-state index in [-0.39, 0.29) is 11.9 Å². The van der Waals surface area contributed by atoms with Gasteiger partial charge in [-0.3, -0.25) is 13.9 Å². The molecule has 0 bridgehead atoms. The van der Waals surface area contributed by atoms with Crippen LogP contribution < -0.4 is 0 Å². The Morgan fingerprint density at radius 1 is 0.895 bits per heavy atom. The zero-order chi connectivity index (χ0) is 30.6. The van der Waals surface area contributed by atoms with E-state index < -0.39 is 45.0 Å². The van der Waals surface area contributed by atoms with Gasteiger partial charge in [0.05, 0.1) is 5.41 Å². The Hall–Kier alpha value is -1.54. The van der Waals surface area contributed by atoms with E-state index in [1.165, 1.54) is 39.4 Å². The average Bonchev–Trinajstić information content (AvgIpc) is 2.90. The lowest BCUT2D eigenvalue weighted by Crippen LogP contribution is -2.27. The van der Waals surface area contributed by atoms with Crippen LogP contribution in [0.1, 0.15) is 74.1 Å². The number of ether oxygens (including phenoxy) is 2. The fourth-order valence-corrected chi connectivity index (χ4v) is 3.12. The predicted octanol–water partition coefficient (Wildman–Crippen LogP) is 7.05. The summed E-state index contributed by atoms with van der Waals surface area (Å²) in [5, 5.41) is 8.94. The molecule has 0 radical (unpaired) electrons. The van der Waals surface area contributed by atoms with Gasteiger partial charge in [0, 0.05) is 26.9 Å². The fourth-order valence-electron chi connectivity index (χ4n) is 1.87. The number of carbonyl (C=O) groups excluding carboxylic acids is 2. The highest BCUT2D eigenvalue weighted by molar-refractivity contribution is 7.58. The van der Waals surface area contributed by atoms with Crippen LogP contribution in [-0.4, -0.2) is 57.4 Å². The van der Waals surface area contributed by atoms with Crippen molar-refractivity contribution in [2.24, 2.45) is 5.41 Å². The van der Waals surface area contributed by atoms with Gasteiger partial charge in [0.25, 0.3) is 7.37 Å². The van der Waals surface area contributed by atoms with Gasteiger partial charge in [0.1, 0.15) is 6.35 Å². The quantitative estimate of drug-likeness (QED) is 0.0923. The molecular formula is C26H50O10P2. The first-order valence-corrected chi connectivity index (χ1v) is 15.9. The number of aliphatic hydroxyl groups is 1. The van der Waals surface area contributed by atoms with Crippen LogP contribution in [0.25, 0.3) is 0 Å². The van der Waals surface area contributed by atoms with Crippen LogP contribution in [0.4, 0.5) is 0 Å². The predicted molar refractivity (Wildman–Crippen MR) is 152 cm³/mol. The Bertz CT molecular complexity index is 846. The lowest BCUT2D eigenvalue weighted by atomic mass is 9.87. The van der Waals surface area contributed by atoms with Crippen LogP contribution in [0.3, 0.4) is 0 Å². The number of esters is 2. The van der Waals surface area contributed by atoms with Gasteiger partial charge in [0.15, 0.2) is 12.7 Å². The van der Waals surface area contributed by atoms with Crippen LogP contribution in [0.5, 0.6) is 0 Å². The highest BCUT2D eigenvalue weighted by atomic mass is 31.2. The van der Waals surface area contributed by atoms with Crippen molar-refractivity contribution in [3.8, 4) is 0 Å². The van der Waals surface area contributed by atoms with Crippen molar-refractivity contribution in [1.82, 2.24) is 0 Å². The SMILES string of the molecule is C=C(C)C(=O)OCP(=O)(OC)OC.C=C(C)CC.CCC(C)=CCCC(C)(C)C(=O)OCP(=O)(CO)OC. The lowest BCUT2D eigenvalue weighted by Gasteiger charge is -2.23. The van der Waals surface area contributed by atoms with E-state index in [9.17, 15) is 18.7 Å². The summed E-state index contributed by atoms with van der Waals surface area (Å²) in [6.45, 7) is 20.4. The third-order valence-corrected chi connectivity index (χ3v) is 8.35. The zero-order valence-electron chi connectivity index (χ0n) is 25.0. The van der Waals surface area contributed by atoms with E-state index in [2.05, 4.69) is 53.8 Å². The van der Waals surface area contributed by atoms with Gasteiger partial charge in [-0.15, -0.1) is 6.58 Å². The summed E-state index contributed by atoms with van der Waals surface area (Å²) in [4.78, 5) is 22.9. The molecule has 0 aliphatic heterocycles. The first-order chi connectivity index (χ1) is 17.4. The van der Waals surface area contributed by atoms with Gasteiger partial charge in [-0.05, 0) is 60.3 Å². The first kappa shape index (κ1) is 40.9. The molecule has 0 aliphatic carbocycles. The molecule has 0 rings (SSSR count). The molecule has 224 valence electrons. The molecule has 0 amide bonds. The minimum absolute atomic E-state index is 0.235. The largest absolute Gasteiger partial charge is 0.455 e. The van der Waals surface area contributed by atoms with E-state index in [0.29, 0.717) is 6.42 Å². The van der Waals surface area contributed by atoms with E-state index in [4.69, 9.17) is 14.4 Å². The monoisotopic (exact) mass is 584 g/mol. The van der Waals surface area contributed by atoms with Crippen LogP contribution in [0.2, 0.25) is 0 Å². The highest BCUT2D eigenvalue weighted by Crippen LogP contribution is 2.46. The Morgan fingerprint density at radius 2 is 1.39 bits per heavy atom. The molecule has 1 unspecified atom stereocenters. The van der Waals surface area contributed by atoms with E-state index >= 15 is 0 Å². The summed E-state index contributed by atoms with van der Waals surface area (Å²) in [5.74, 6) is -1.04. The summed E-state index contributed by atoms with van der Waals surface area (Å²) in [6, 6.07) is 0. The van der Waals surface area contributed by atoms with Gasteiger partial charge in [-0.25, -0.2) is 4.79 Å². The number of aliphatic hydroxyl groups excluding tert-OH is 1. The van der Waals surface area contributed by atoms with Crippen molar-refractivity contribution in [1.29, 1.82) is 0 Å². The summed E-state index contributed by atoms with van der Waals surface area (Å²) in [6.07, 6.45) is 4.26. The summed E-state index contributed by atoms with van der Waals surface area (Å²) < 4.78 is 46.5. The third kappa shape index (κ3) is 20.4. The molecule has 0 fully saturated rings. The van der Waals surface area contributed by atoms with Gasteiger partial charge >= 0.3 is 19.5 Å². The van der Waals surface area contributed by atoms with Crippen molar-refractivity contribution in [3.05, 3.63) is 36.0 Å². The maximum absolute atomic E-state index is 12.0. The molecule has 0 spiro atoms. The normalized spacial score (nSPS) is 13.1. The number of hydrogen-bond donors (Lipinski definition) is 1. The molecule has 0 aromatic heterocycles. The van der Waals surface area contributed by atoms with Crippen molar-refractivity contribution >= 4 is 26.9 Å². The Kier molecular flexibility index (Phi) is 23.0. The topological polar surface area (TPSA) is 135 Å². The van der Waals surface area contributed by atoms with Crippen molar-refractivity contribution < 1.29 is 46.9 Å². The molecule has 0 saturated heterocycles. The summed E-state index contributed by atoms with van der Waals surface area (Å²) >= 11 is 0. The van der Waals surface area contributed by atoms with Gasteiger partial charge in [0.2, 0.25) is 0 Å². The second-order valence-electron chi connectivity index (χ2n) is 9.15. The number of rotatable bonds is 15. The Labute approximate surface area is 229 Å². The third-order valence-electron chi connectivity index (χ3n) is 5.18. The van der Waals surface area contributed by atoms with E-state index in [1.54, 1.807) is 13.8 Å². The number of allylic oxidation sites excluding steroid dienone is 3. The molecule has 38 heavy (non-hydrogen) atoms. The summed E-state index contributed by atoms with van der Waals surface area (Å²) in [7, 11) is -2.84. The Morgan fingerprint density at radius 3 is 1.74 bits per heavy atom. The zero-order valence-corrected chi connectivity index (χ0v) is 26.7. The van der Waals surface area contributed by atoms with Crippen LogP contribution >= 0.6 is 15.0 Å². The Balaban J connectivity index is -0.000000580. The smallest absolute Gasteiger partial charge is 0.367 e. The lowest BCUT2D eigenvalue weighted by molar-refractivity contribution is -0.152. The van der Waals surface area contributed by atoms with Crippen LogP contribution in [0, 0.1) is 5.41 Å². The van der Waals surface area contributed by atoms with E-state index in [1.807, 2.05) is 6.92 Å². The molecule has 0 aromatic carbocycles. The molecule has 0 heterocycles. The van der Waals surface area contributed by atoms with E-state index in [0.717, 1.165) is 19.3 Å². The molecule has 10 nitrogen and oxygen atoms in total. The van der Waals surface area contributed by atoms with Crippen LogP contribution in [0.15, 0.2) is 36.0 Å². The molecule has 0 aliphatic rings. The highest BCUT2D eigenvalue weighted by Gasteiger charge is 2.31. The molecule has 12 heteroatoms. The van der Waals surface area contributed by atoms with Gasteiger partial charge in [-0.1, -0.05) is 37.6 Å². The standard InChI is InChI=1S/C14H27O5P.C7H13O5P.C5H10/c1-6-12(2)8-7-9-14(3,4)13(16)19-11-20(17,10-15)18-5;1-6(2)7(8)12-5-13(9,10-3)11-4;1-4-5(2)3/h8,15H,6-7,9-11H2,1-5H3;1,5H2,2-4H3;2,4H2,1,3H3.